The summed E-state index contributed by atoms with van der Waals surface area (Å²) in [7, 11) is 0. The number of amides is 2. The second-order valence-corrected chi connectivity index (χ2v) is 6.80. The summed E-state index contributed by atoms with van der Waals surface area (Å²) in [6.45, 7) is 2.67. The van der Waals surface area contributed by atoms with Crippen molar-refractivity contribution in [2.24, 2.45) is 0 Å². The summed E-state index contributed by atoms with van der Waals surface area (Å²) in [5.41, 5.74) is 1.29. The molecule has 1 N–H and O–H groups in total. The van der Waals surface area contributed by atoms with Crippen molar-refractivity contribution in [3.05, 3.63) is 35.9 Å². The fourth-order valence-electron chi connectivity index (χ4n) is 4.47. The molecule has 3 fully saturated rings. The number of nitrogens with zero attached hydrogens (tertiary/aromatic N) is 2. The summed E-state index contributed by atoms with van der Waals surface area (Å²) in [5, 5.41) is 3.48. The molecular weight excluding hydrogens is 274 g/mol. The number of nitrogens with one attached hydrogen (secondary N) is 1. The van der Waals surface area contributed by atoms with E-state index in [0.717, 1.165) is 19.6 Å². The van der Waals surface area contributed by atoms with E-state index in [-0.39, 0.29) is 18.1 Å². The van der Waals surface area contributed by atoms with E-state index in [4.69, 9.17) is 0 Å². The molecule has 2 atom stereocenters. The van der Waals surface area contributed by atoms with Crippen molar-refractivity contribution in [3.8, 4) is 0 Å². The fourth-order valence-corrected chi connectivity index (χ4v) is 4.47. The van der Waals surface area contributed by atoms with Gasteiger partial charge in [-0.3, -0.25) is 0 Å². The Kier molecular flexibility index (Phi) is 3.78. The smallest absolute Gasteiger partial charge is 0.317 e. The van der Waals surface area contributed by atoms with Crippen LogP contribution in [0.15, 0.2) is 30.3 Å². The van der Waals surface area contributed by atoms with E-state index in [0.29, 0.717) is 6.04 Å². The van der Waals surface area contributed by atoms with Gasteiger partial charge in [0, 0.05) is 25.7 Å². The third kappa shape index (κ3) is 2.30. The Bertz CT molecular complexity index is 526. The second kappa shape index (κ2) is 5.92. The summed E-state index contributed by atoms with van der Waals surface area (Å²) >= 11 is 0. The van der Waals surface area contributed by atoms with Gasteiger partial charge in [0.25, 0.3) is 0 Å². The van der Waals surface area contributed by atoms with Gasteiger partial charge in [0.05, 0.1) is 12.1 Å². The highest BCUT2D eigenvalue weighted by Crippen LogP contribution is 2.40. The zero-order valence-corrected chi connectivity index (χ0v) is 13.1. The summed E-state index contributed by atoms with van der Waals surface area (Å²) in [6, 6.07) is 11.8. The van der Waals surface area contributed by atoms with E-state index >= 15 is 0 Å². The minimum absolute atomic E-state index is 0.213. The lowest BCUT2D eigenvalue weighted by molar-refractivity contribution is 0.146. The molecule has 1 aromatic rings. The molecule has 0 bridgehead atoms. The van der Waals surface area contributed by atoms with Gasteiger partial charge < -0.3 is 15.1 Å². The van der Waals surface area contributed by atoms with Gasteiger partial charge in [-0.15, -0.1) is 0 Å². The maximum absolute atomic E-state index is 13.0. The summed E-state index contributed by atoms with van der Waals surface area (Å²) in [5.74, 6) is 0. The molecule has 3 aliphatic rings. The van der Waals surface area contributed by atoms with Crippen molar-refractivity contribution in [2.75, 3.05) is 19.6 Å². The molecule has 22 heavy (non-hydrogen) atoms. The number of hydrogen-bond donors (Lipinski definition) is 1. The number of carbonyl (C=O) groups excluding carboxylic acids is 1. The van der Waals surface area contributed by atoms with Crippen molar-refractivity contribution >= 4 is 6.03 Å². The first-order valence-corrected chi connectivity index (χ1v) is 8.71. The summed E-state index contributed by atoms with van der Waals surface area (Å²) < 4.78 is 0. The van der Waals surface area contributed by atoms with E-state index in [1.165, 1.54) is 37.7 Å². The van der Waals surface area contributed by atoms with Crippen molar-refractivity contribution in [3.63, 3.8) is 0 Å². The standard InChI is InChI=1S/C18H25N3O/c22-18-20-12-11-19-13-16(20)17(14-7-3-1-4-8-14)21(18)15-9-5-2-6-10-15/h1,3-4,7-8,15-17,19H,2,5-6,9-13H2/t16-,17-/m0/s1. The minimum atomic E-state index is 0.213. The van der Waals surface area contributed by atoms with Gasteiger partial charge >= 0.3 is 6.03 Å². The molecule has 2 saturated heterocycles. The van der Waals surface area contributed by atoms with Crippen LogP contribution < -0.4 is 5.32 Å². The SMILES string of the molecule is O=C1N2CCNC[C@H]2[C@H](c2ccccc2)N1C1CCCCC1. The van der Waals surface area contributed by atoms with Crippen molar-refractivity contribution in [1.29, 1.82) is 0 Å². The second-order valence-electron chi connectivity index (χ2n) is 6.80. The largest absolute Gasteiger partial charge is 0.321 e. The summed E-state index contributed by atoms with van der Waals surface area (Å²) in [4.78, 5) is 17.4. The molecule has 4 rings (SSSR count). The van der Waals surface area contributed by atoms with Crippen LogP contribution in [0.2, 0.25) is 0 Å². The van der Waals surface area contributed by atoms with Crippen LogP contribution in [0.5, 0.6) is 0 Å². The Morgan fingerprint density at radius 3 is 2.59 bits per heavy atom. The molecule has 1 saturated carbocycles. The zero-order valence-electron chi connectivity index (χ0n) is 13.1. The lowest BCUT2D eigenvalue weighted by atomic mass is 9.91. The predicted octanol–water partition coefficient (Wildman–Crippen LogP) is 2.77. The van der Waals surface area contributed by atoms with Crippen LogP contribution in [0.4, 0.5) is 4.79 Å². The van der Waals surface area contributed by atoms with Gasteiger partial charge in [0.15, 0.2) is 0 Å². The monoisotopic (exact) mass is 299 g/mol. The van der Waals surface area contributed by atoms with E-state index in [1.807, 2.05) is 0 Å². The Labute approximate surface area is 132 Å². The van der Waals surface area contributed by atoms with Crippen molar-refractivity contribution < 1.29 is 4.79 Å². The Hall–Kier alpha value is -1.55. The average molecular weight is 299 g/mol. The van der Waals surface area contributed by atoms with Crippen LogP contribution in [0.1, 0.15) is 43.7 Å². The molecule has 0 radical (unpaired) electrons. The van der Waals surface area contributed by atoms with Crippen LogP contribution >= 0.6 is 0 Å². The molecule has 2 aliphatic heterocycles. The van der Waals surface area contributed by atoms with Crippen molar-refractivity contribution in [1.82, 2.24) is 15.1 Å². The van der Waals surface area contributed by atoms with E-state index in [2.05, 4.69) is 45.4 Å². The van der Waals surface area contributed by atoms with Gasteiger partial charge in [-0.05, 0) is 18.4 Å². The highest BCUT2D eigenvalue weighted by Gasteiger charge is 2.49. The molecule has 0 spiro atoms. The van der Waals surface area contributed by atoms with Crippen molar-refractivity contribution in [2.45, 2.75) is 50.2 Å². The maximum atomic E-state index is 13.0. The normalized spacial score (nSPS) is 29.7. The molecule has 0 unspecified atom stereocenters. The highest BCUT2D eigenvalue weighted by atomic mass is 16.2. The van der Waals surface area contributed by atoms with Gasteiger partial charge in [-0.2, -0.15) is 0 Å². The average Bonchev–Trinajstić information content (AvgIpc) is 2.90. The molecule has 0 aromatic heterocycles. The number of benzene rings is 1. The summed E-state index contributed by atoms with van der Waals surface area (Å²) in [6.07, 6.45) is 6.19. The fraction of sp³-hybridized carbons (Fsp3) is 0.611. The van der Waals surface area contributed by atoms with Crippen LogP contribution in [0, 0.1) is 0 Å². The number of piperazine rings is 1. The quantitative estimate of drug-likeness (QED) is 0.911. The van der Waals surface area contributed by atoms with Gasteiger partial charge in [-0.25, -0.2) is 4.79 Å². The van der Waals surface area contributed by atoms with Crippen LogP contribution in [-0.4, -0.2) is 47.5 Å². The number of rotatable bonds is 2. The molecular formula is C18H25N3O. The lowest BCUT2D eigenvalue weighted by Gasteiger charge is -2.36. The van der Waals surface area contributed by atoms with Gasteiger partial charge in [0.2, 0.25) is 0 Å². The number of carbonyl (C=O) groups is 1. The molecule has 2 amide bonds. The van der Waals surface area contributed by atoms with E-state index in [9.17, 15) is 4.79 Å². The first-order chi connectivity index (χ1) is 10.9. The van der Waals surface area contributed by atoms with Gasteiger partial charge in [0.1, 0.15) is 0 Å². The minimum Gasteiger partial charge on any atom is -0.317 e. The third-order valence-corrected chi connectivity index (χ3v) is 5.52. The van der Waals surface area contributed by atoms with Gasteiger partial charge in [-0.1, -0.05) is 49.6 Å². The Balaban J connectivity index is 1.70. The predicted molar refractivity (Wildman–Crippen MR) is 86.7 cm³/mol. The topological polar surface area (TPSA) is 35.6 Å². The first kappa shape index (κ1) is 14.1. The van der Waals surface area contributed by atoms with Crippen LogP contribution in [0.3, 0.4) is 0 Å². The molecule has 4 heteroatoms. The van der Waals surface area contributed by atoms with E-state index < -0.39 is 0 Å². The lowest BCUT2D eigenvalue weighted by Crippen LogP contribution is -2.50. The van der Waals surface area contributed by atoms with Crippen LogP contribution in [0.25, 0.3) is 0 Å². The third-order valence-electron chi connectivity index (χ3n) is 5.52. The first-order valence-electron chi connectivity index (χ1n) is 8.71. The highest BCUT2D eigenvalue weighted by molar-refractivity contribution is 5.79. The number of fused-ring (bicyclic) bond motifs is 1. The van der Waals surface area contributed by atoms with E-state index in [1.54, 1.807) is 0 Å². The molecule has 118 valence electrons. The molecule has 1 aromatic carbocycles. The molecule has 2 heterocycles. The number of hydrogen-bond acceptors (Lipinski definition) is 2. The Morgan fingerprint density at radius 1 is 1.05 bits per heavy atom. The maximum Gasteiger partial charge on any atom is 0.321 e. The number of urea groups is 1. The molecule has 1 aliphatic carbocycles. The zero-order chi connectivity index (χ0) is 14.9. The molecule has 4 nitrogen and oxygen atoms in total. The van der Waals surface area contributed by atoms with Crippen LogP contribution in [-0.2, 0) is 0 Å². The Morgan fingerprint density at radius 2 is 1.82 bits per heavy atom.